The third-order valence-electron chi connectivity index (χ3n) is 4.02. The van der Waals surface area contributed by atoms with Gasteiger partial charge in [-0.1, -0.05) is 18.2 Å². The lowest BCUT2D eigenvalue weighted by Crippen LogP contribution is -2.34. The van der Waals surface area contributed by atoms with Crippen LogP contribution in [0.15, 0.2) is 36.4 Å². The van der Waals surface area contributed by atoms with E-state index in [9.17, 15) is 9.59 Å². The number of carboxylic acid groups (broad SMARTS) is 1. The Balaban J connectivity index is 1.73. The van der Waals surface area contributed by atoms with Crippen molar-refractivity contribution in [1.82, 2.24) is 15.1 Å². The second-order valence-electron chi connectivity index (χ2n) is 5.69. The van der Waals surface area contributed by atoms with Crippen molar-refractivity contribution >= 4 is 11.9 Å². The fourth-order valence-corrected chi connectivity index (χ4v) is 2.37. The highest BCUT2D eigenvalue weighted by molar-refractivity contribution is 5.93. The number of aromatic nitrogens is 2. The predicted molar refractivity (Wildman–Crippen MR) is 79.9 cm³/mol. The van der Waals surface area contributed by atoms with Crippen molar-refractivity contribution in [2.45, 2.75) is 19.8 Å². The molecule has 0 radical (unpaired) electrons. The molecule has 0 atom stereocenters. The van der Waals surface area contributed by atoms with Crippen LogP contribution in [0, 0.1) is 12.3 Å². The number of hydrogen-bond donors (Lipinski definition) is 2. The summed E-state index contributed by atoms with van der Waals surface area (Å²) in [7, 11) is 0. The molecule has 1 saturated carbocycles. The van der Waals surface area contributed by atoms with Crippen LogP contribution in [0.4, 0.5) is 0 Å². The van der Waals surface area contributed by atoms with E-state index in [0.29, 0.717) is 18.5 Å². The van der Waals surface area contributed by atoms with Gasteiger partial charge in [0.1, 0.15) is 0 Å². The van der Waals surface area contributed by atoms with Crippen LogP contribution in [0.25, 0.3) is 5.69 Å². The lowest BCUT2D eigenvalue weighted by atomic mass is 10.1. The van der Waals surface area contributed by atoms with E-state index in [1.807, 2.05) is 37.3 Å². The SMILES string of the molecule is Cc1cc(C(=O)NCC2(C(=O)O)CC2)nn1-c1ccccc1. The Labute approximate surface area is 127 Å². The Kier molecular flexibility index (Phi) is 3.44. The zero-order chi connectivity index (χ0) is 15.7. The first kappa shape index (κ1) is 14.3. The number of carbonyl (C=O) groups is 2. The summed E-state index contributed by atoms with van der Waals surface area (Å²) in [6.45, 7) is 2.02. The van der Waals surface area contributed by atoms with Crippen LogP contribution in [-0.2, 0) is 4.79 Å². The maximum absolute atomic E-state index is 12.2. The number of carboxylic acids is 1. The van der Waals surface area contributed by atoms with Gasteiger partial charge in [-0.15, -0.1) is 0 Å². The van der Waals surface area contributed by atoms with Crippen LogP contribution in [0.3, 0.4) is 0 Å². The first-order chi connectivity index (χ1) is 10.5. The minimum absolute atomic E-state index is 0.151. The van der Waals surface area contributed by atoms with Gasteiger partial charge < -0.3 is 10.4 Å². The molecule has 6 nitrogen and oxygen atoms in total. The van der Waals surface area contributed by atoms with Crippen molar-refractivity contribution in [1.29, 1.82) is 0 Å². The van der Waals surface area contributed by atoms with Crippen molar-refractivity contribution < 1.29 is 14.7 Å². The van der Waals surface area contributed by atoms with Crippen molar-refractivity contribution in [3.63, 3.8) is 0 Å². The van der Waals surface area contributed by atoms with Crippen LogP contribution in [0.5, 0.6) is 0 Å². The van der Waals surface area contributed by atoms with Crippen LogP contribution in [0.2, 0.25) is 0 Å². The minimum atomic E-state index is -0.848. The van der Waals surface area contributed by atoms with Crippen LogP contribution in [0.1, 0.15) is 29.0 Å². The zero-order valence-corrected chi connectivity index (χ0v) is 12.2. The maximum Gasteiger partial charge on any atom is 0.311 e. The monoisotopic (exact) mass is 299 g/mol. The molecule has 0 bridgehead atoms. The average Bonchev–Trinajstić information content (AvgIpc) is 3.22. The van der Waals surface area contributed by atoms with Gasteiger partial charge >= 0.3 is 5.97 Å². The van der Waals surface area contributed by atoms with Gasteiger partial charge in [0.25, 0.3) is 5.91 Å². The maximum atomic E-state index is 12.2. The zero-order valence-electron chi connectivity index (χ0n) is 12.2. The lowest BCUT2D eigenvalue weighted by molar-refractivity contribution is -0.143. The average molecular weight is 299 g/mol. The Bertz CT molecular complexity index is 717. The molecule has 0 unspecified atom stereocenters. The molecule has 1 heterocycles. The normalized spacial score (nSPS) is 15.3. The highest BCUT2D eigenvalue weighted by atomic mass is 16.4. The van der Waals surface area contributed by atoms with Crippen molar-refractivity contribution in [2.75, 3.05) is 6.54 Å². The summed E-state index contributed by atoms with van der Waals surface area (Å²) in [5.41, 5.74) is 1.24. The molecule has 1 fully saturated rings. The molecule has 6 heteroatoms. The minimum Gasteiger partial charge on any atom is -0.481 e. The number of nitrogens with one attached hydrogen (secondary N) is 1. The topological polar surface area (TPSA) is 84.2 Å². The lowest BCUT2D eigenvalue weighted by Gasteiger charge is -2.09. The number of aliphatic carboxylic acids is 1. The van der Waals surface area contributed by atoms with E-state index in [0.717, 1.165) is 11.4 Å². The fourth-order valence-electron chi connectivity index (χ4n) is 2.37. The molecular weight excluding hydrogens is 282 g/mol. The Morgan fingerprint density at radius 3 is 2.59 bits per heavy atom. The summed E-state index contributed by atoms with van der Waals surface area (Å²) in [6, 6.07) is 11.2. The molecule has 1 amide bonds. The third-order valence-corrected chi connectivity index (χ3v) is 4.02. The van der Waals surface area contributed by atoms with Crippen LogP contribution >= 0.6 is 0 Å². The number of hydrogen-bond acceptors (Lipinski definition) is 3. The molecule has 0 aliphatic heterocycles. The van der Waals surface area contributed by atoms with Crippen LogP contribution in [-0.4, -0.2) is 33.3 Å². The van der Waals surface area contributed by atoms with E-state index in [2.05, 4.69) is 10.4 Å². The van der Waals surface area contributed by atoms with Gasteiger partial charge in [-0.25, -0.2) is 4.68 Å². The molecule has 1 aromatic heterocycles. The quantitative estimate of drug-likeness (QED) is 0.881. The van der Waals surface area contributed by atoms with Crippen molar-refractivity contribution in [3.8, 4) is 5.69 Å². The first-order valence-electron chi connectivity index (χ1n) is 7.15. The van der Waals surface area contributed by atoms with Gasteiger partial charge in [0.15, 0.2) is 5.69 Å². The van der Waals surface area contributed by atoms with E-state index in [1.165, 1.54) is 0 Å². The summed E-state index contributed by atoms with van der Waals surface area (Å²) in [5.74, 6) is -1.19. The number of nitrogens with zero attached hydrogens (tertiary/aromatic N) is 2. The molecule has 1 aliphatic carbocycles. The molecule has 0 spiro atoms. The highest BCUT2D eigenvalue weighted by Crippen LogP contribution is 2.45. The van der Waals surface area contributed by atoms with Gasteiger partial charge in [0.05, 0.1) is 11.1 Å². The Morgan fingerprint density at radius 2 is 2.00 bits per heavy atom. The standard InChI is InChI=1S/C16H17N3O3/c1-11-9-13(18-19(11)12-5-3-2-4-6-12)14(20)17-10-16(7-8-16)15(21)22/h2-6,9H,7-8,10H2,1H3,(H,17,20)(H,21,22). The van der Waals surface area contributed by atoms with Gasteiger partial charge in [-0.3, -0.25) is 9.59 Å². The summed E-state index contributed by atoms with van der Waals surface area (Å²) in [5, 5.41) is 16.1. The summed E-state index contributed by atoms with van der Waals surface area (Å²) in [4.78, 5) is 23.3. The van der Waals surface area contributed by atoms with Crippen molar-refractivity contribution in [2.24, 2.45) is 5.41 Å². The summed E-state index contributed by atoms with van der Waals surface area (Å²) >= 11 is 0. The second kappa shape index (κ2) is 5.29. The fraction of sp³-hybridized carbons (Fsp3) is 0.312. The van der Waals surface area contributed by atoms with Crippen LogP contribution < -0.4 is 5.32 Å². The molecule has 2 aromatic rings. The number of para-hydroxylation sites is 1. The molecule has 1 aliphatic rings. The van der Waals surface area contributed by atoms with Crippen molar-refractivity contribution in [3.05, 3.63) is 47.8 Å². The summed E-state index contributed by atoms with van der Waals surface area (Å²) < 4.78 is 1.69. The van der Waals surface area contributed by atoms with Gasteiger partial charge in [0.2, 0.25) is 0 Å². The second-order valence-corrected chi connectivity index (χ2v) is 5.69. The number of aryl methyl sites for hydroxylation is 1. The van der Waals surface area contributed by atoms with E-state index < -0.39 is 11.4 Å². The Morgan fingerprint density at radius 1 is 1.32 bits per heavy atom. The highest BCUT2D eigenvalue weighted by Gasteiger charge is 2.50. The molecule has 22 heavy (non-hydrogen) atoms. The van der Waals surface area contributed by atoms with E-state index in [1.54, 1.807) is 10.7 Å². The first-order valence-corrected chi connectivity index (χ1v) is 7.15. The number of amides is 1. The van der Waals surface area contributed by atoms with Gasteiger partial charge in [0, 0.05) is 12.2 Å². The molecule has 114 valence electrons. The van der Waals surface area contributed by atoms with E-state index >= 15 is 0 Å². The number of carbonyl (C=O) groups excluding carboxylic acids is 1. The van der Waals surface area contributed by atoms with E-state index in [4.69, 9.17) is 5.11 Å². The summed E-state index contributed by atoms with van der Waals surface area (Å²) in [6.07, 6.45) is 1.22. The smallest absolute Gasteiger partial charge is 0.311 e. The predicted octanol–water partition coefficient (Wildman–Crippen LogP) is 1.78. The molecule has 3 rings (SSSR count). The number of benzene rings is 1. The molecule has 2 N–H and O–H groups in total. The number of rotatable bonds is 5. The largest absolute Gasteiger partial charge is 0.481 e. The molecule has 1 aromatic carbocycles. The molecule has 0 saturated heterocycles. The molecular formula is C16H17N3O3. The van der Waals surface area contributed by atoms with Gasteiger partial charge in [-0.05, 0) is 38.0 Å². The Hall–Kier alpha value is -2.63. The third kappa shape index (κ3) is 2.59. The van der Waals surface area contributed by atoms with Gasteiger partial charge in [-0.2, -0.15) is 5.10 Å². The van der Waals surface area contributed by atoms with E-state index in [-0.39, 0.29) is 12.5 Å².